The van der Waals surface area contributed by atoms with Gasteiger partial charge in [0.25, 0.3) is 5.56 Å². The summed E-state index contributed by atoms with van der Waals surface area (Å²) >= 11 is 0. The molecule has 2 saturated heterocycles. The van der Waals surface area contributed by atoms with Crippen LogP contribution in [0.4, 0.5) is 14.7 Å². The van der Waals surface area contributed by atoms with Gasteiger partial charge >= 0.3 is 6.29 Å². The van der Waals surface area contributed by atoms with E-state index < -0.39 is 11.7 Å². The van der Waals surface area contributed by atoms with Crippen LogP contribution in [0.15, 0.2) is 23.0 Å². The molecule has 5 heterocycles. The van der Waals surface area contributed by atoms with Crippen molar-refractivity contribution in [2.24, 2.45) is 11.1 Å². The fourth-order valence-electron chi connectivity index (χ4n) is 6.09. The summed E-state index contributed by atoms with van der Waals surface area (Å²) in [6.45, 7) is 4.10. The number of nitrogens with one attached hydrogen (secondary N) is 2. The number of aromatic nitrogens is 4. The van der Waals surface area contributed by atoms with Crippen LogP contribution in [0, 0.1) is 5.41 Å². The highest BCUT2D eigenvalue weighted by Gasteiger charge is 2.52. The smallest absolute Gasteiger partial charge is 0.395 e. The van der Waals surface area contributed by atoms with Crippen LogP contribution < -0.4 is 25.7 Å². The van der Waals surface area contributed by atoms with E-state index in [0.29, 0.717) is 42.4 Å². The fourth-order valence-corrected chi connectivity index (χ4v) is 6.09. The molecular formula is C24H26F2N6O4. The average molecular weight is 501 g/mol. The highest BCUT2D eigenvalue weighted by molar-refractivity contribution is 5.80. The van der Waals surface area contributed by atoms with Crippen LogP contribution in [0.25, 0.3) is 11.0 Å². The Labute approximate surface area is 204 Å². The first-order valence-corrected chi connectivity index (χ1v) is 12.2. The third kappa shape index (κ3) is 3.10. The standard InChI is InChI=1S/C24H26F2N6O4/c1-12-17(27)22(11-34-12)6-8-32(9-7-22)21-28-19-16(20(33)29-21)18(30-31-19)23(4-5-23)13-2-3-14-15(10-13)36-24(25,26)35-14/h2-3,10,12,17H,4-9,11,27H2,1H3,(H2,28,29,30,31,33)/t12-,17+/m0/s1. The van der Waals surface area contributed by atoms with Gasteiger partial charge in [-0.1, -0.05) is 6.07 Å². The molecule has 190 valence electrons. The van der Waals surface area contributed by atoms with Gasteiger partial charge in [0.15, 0.2) is 17.1 Å². The lowest BCUT2D eigenvalue weighted by Gasteiger charge is -2.41. The molecule has 12 heteroatoms. The third-order valence-electron chi connectivity index (χ3n) is 8.48. The van der Waals surface area contributed by atoms with Crippen molar-refractivity contribution >= 4 is 17.0 Å². The fraction of sp³-hybridized carbons (Fsp3) is 0.542. The van der Waals surface area contributed by atoms with E-state index >= 15 is 0 Å². The number of hydrogen-bond acceptors (Lipinski definition) is 8. The van der Waals surface area contributed by atoms with Gasteiger partial charge in [0.1, 0.15) is 5.39 Å². The number of fused-ring (bicyclic) bond motifs is 2. The summed E-state index contributed by atoms with van der Waals surface area (Å²) in [4.78, 5) is 23.0. The Morgan fingerprint density at radius 1 is 1.14 bits per heavy atom. The summed E-state index contributed by atoms with van der Waals surface area (Å²) in [7, 11) is 0. The number of alkyl halides is 2. The van der Waals surface area contributed by atoms with Crippen LogP contribution in [-0.2, 0) is 10.2 Å². The molecule has 4 aliphatic rings. The van der Waals surface area contributed by atoms with Crippen LogP contribution in [0.1, 0.15) is 43.9 Å². The molecule has 1 saturated carbocycles. The van der Waals surface area contributed by atoms with Gasteiger partial charge in [-0.2, -0.15) is 10.1 Å². The minimum atomic E-state index is -3.68. The van der Waals surface area contributed by atoms with Crippen LogP contribution in [-0.4, -0.2) is 58.3 Å². The zero-order chi connectivity index (χ0) is 24.9. The number of aromatic amines is 2. The van der Waals surface area contributed by atoms with Crippen molar-refractivity contribution in [1.82, 2.24) is 20.2 Å². The number of benzene rings is 1. The lowest BCUT2D eigenvalue weighted by Crippen LogP contribution is -2.51. The van der Waals surface area contributed by atoms with E-state index in [4.69, 9.17) is 10.5 Å². The summed E-state index contributed by atoms with van der Waals surface area (Å²) in [5.41, 5.74) is 7.24. The van der Waals surface area contributed by atoms with E-state index in [2.05, 4.69) is 34.5 Å². The Balaban J connectivity index is 1.18. The number of H-pyrrole nitrogens is 2. The minimum Gasteiger partial charge on any atom is -0.395 e. The lowest BCUT2D eigenvalue weighted by atomic mass is 9.73. The molecule has 10 nitrogen and oxygen atoms in total. The molecule has 0 bridgehead atoms. The monoisotopic (exact) mass is 500 g/mol. The van der Waals surface area contributed by atoms with Crippen LogP contribution in [0.5, 0.6) is 11.5 Å². The molecule has 0 unspecified atom stereocenters. The van der Waals surface area contributed by atoms with Gasteiger partial charge in [-0.05, 0) is 50.3 Å². The number of nitrogens with two attached hydrogens (primary N) is 1. The first kappa shape index (κ1) is 22.0. The van der Waals surface area contributed by atoms with Crippen molar-refractivity contribution in [3.05, 3.63) is 39.8 Å². The number of piperidine rings is 1. The molecule has 0 amide bonds. The maximum atomic E-state index is 13.5. The van der Waals surface area contributed by atoms with E-state index in [9.17, 15) is 13.6 Å². The Morgan fingerprint density at radius 2 is 1.89 bits per heavy atom. The first-order valence-electron chi connectivity index (χ1n) is 12.2. The minimum absolute atomic E-state index is 0.00134. The molecule has 1 spiro atoms. The van der Waals surface area contributed by atoms with E-state index in [1.165, 1.54) is 6.07 Å². The molecule has 0 radical (unpaired) electrons. The molecule has 3 aromatic rings. The molecule has 36 heavy (non-hydrogen) atoms. The number of halogens is 2. The van der Waals surface area contributed by atoms with Crippen molar-refractivity contribution in [1.29, 1.82) is 0 Å². The van der Waals surface area contributed by atoms with Gasteiger partial charge in [0, 0.05) is 30.0 Å². The zero-order valence-corrected chi connectivity index (χ0v) is 19.6. The van der Waals surface area contributed by atoms with Gasteiger partial charge in [-0.25, -0.2) is 0 Å². The third-order valence-corrected chi connectivity index (χ3v) is 8.48. The molecule has 2 aromatic heterocycles. The zero-order valence-electron chi connectivity index (χ0n) is 19.6. The second-order valence-electron chi connectivity index (χ2n) is 10.5. The largest absolute Gasteiger partial charge is 0.586 e. The van der Waals surface area contributed by atoms with E-state index in [1.807, 2.05) is 6.92 Å². The van der Waals surface area contributed by atoms with Gasteiger partial charge in [-0.3, -0.25) is 14.9 Å². The Hall–Kier alpha value is -3.25. The summed E-state index contributed by atoms with van der Waals surface area (Å²) in [5.74, 6) is 0.453. The Bertz CT molecular complexity index is 1430. The average Bonchev–Trinajstić information content (AvgIpc) is 3.33. The summed E-state index contributed by atoms with van der Waals surface area (Å²) in [5, 5.41) is 7.78. The number of rotatable bonds is 3. The summed E-state index contributed by atoms with van der Waals surface area (Å²) in [6, 6.07) is 4.73. The van der Waals surface area contributed by atoms with Gasteiger partial charge in [0.2, 0.25) is 5.95 Å². The first-order chi connectivity index (χ1) is 17.2. The molecule has 1 aliphatic carbocycles. The molecule has 2 atom stereocenters. The van der Waals surface area contributed by atoms with Crippen molar-refractivity contribution < 1.29 is 23.0 Å². The van der Waals surface area contributed by atoms with Crippen molar-refractivity contribution in [3.8, 4) is 11.5 Å². The molecule has 7 rings (SSSR count). The van der Waals surface area contributed by atoms with E-state index in [0.717, 1.165) is 31.2 Å². The predicted octanol–water partition coefficient (Wildman–Crippen LogP) is 2.38. The van der Waals surface area contributed by atoms with Gasteiger partial charge < -0.3 is 24.8 Å². The molecule has 1 aromatic carbocycles. The molecule has 3 aliphatic heterocycles. The lowest BCUT2D eigenvalue weighted by molar-refractivity contribution is -0.286. The summed E-state index contributed by atoms with van der Waals surface area (Å²) in [6.07, 6.45) is -0.471. The topological polar surface area (TPSA) is 131 Å². The van der Waals surface area contributed by atoms with Gasteiger partial charge in [0.05, 0.1) is 18.4 Å². The van der Waals surface area contributed by atoms with Crippen LogP contribution >= 0.6 is 0 Å². The quantitative estimate of drug-likeness (QED) is 0.500. The summed E-state index contributed by atoms with van der Waals surface area (Å²) < 4.78 is 41.9. The van der Waals surface area contributed by atoms with Gasteiger partial charge in [-0.15, -0.1) is 8.78 Å². The second-order valence-corrected chi connectivity index (χ2v) is 10.5. The molecular weight excluding hydrogens is 474 g/mol. The van der Waals surface area contributed by atoms with Crippen molar-refractivity contribution in [3.63, 3.8) is 0 Å². The van der Waals surface area contributed by atoms with Crippen LogP contribution in [0.2, 0.25) is 0 Å². The maximum Gasteiger partial charge on any atom is 0.586 e. The maximum absolute atomic E-state index is 13.5. The number of anilines is 1. The van der Waals surface area contributed by atoms with E-state index in [1.54, 1.807) is 12.1 Å². The van der Waals surface area contributed by atoms with Crippen molar-refractivity contribution in [2.45, 2.75) is 56.5 Å². The van der Waals surface area contributed by atoms with Crippen molar-refractivity contribution in [2.75, 3.05) is 24.6 Å². The highest BCUT2D eigenvalue weighted by atomic mass is 19.3. The second kappa shape index (κ2) is 7.16. The predicted molar refractivity (Wildman–Crippen MR) is 124 cm³/mol. The highest BCUT2D eigenvalue weighted by Crippen LogP contribution is 2.56. The van der Waals surface area contributed by atoms with Crippen LogP contribution in [0.3, 0.4) is 0 Å². The Morgan fingerprint density at radius 3 is 2.58 bits per heavy atom. The number of nitrogens with zero attached hydrogens (tertiary/aromatic N) is 3. The number of hydrogen-bond donors (Lipinski definition) is 3. The number of ether oxygens (including phenoxy) is 3. The normalized spacial score (nSPS) is 27.2. The van der Waals surface area contributed by atoms with E-state index in [-0.39, 0.29) is 34.6 Å². The molecule has 3 fully saturated rings. The SMILES string of the molecule is C[C@@H]1OCC2(CCN(c3nc4[nH]nc(C5(c6ccc7c(c6)OC(F)(F)O7)CC5)c4c(=O)[nH]3)CC2)[C@@H]1N. The Kier molecular flexibility index (Phi) is 4.37. The molecule has 4 N–H and O–H groups in total.